The third-order valence-corrected chi connectivity index (χ3v) is 5.24. The Morgan fingerprint density at radius 3 is 1.93 bits per heavy atom. The van der Waals surface area contributed by atoms with E-state index in [1.807, 2.05) is 64.1 Å². The van der Waals surface area contributed by atoms with Gasteiger partial charge in [0.25, 0.3) is 0 Å². The summed E-state index contributed by atoms with van der Waals surface area (Å²) < 4.78 is 11.5. The average Bonchev–Trinajstić information content (AvgIpc) is 2.90. The minimum absolute atomic E-state index is 0.322. The Labute approximate surface area is 174 Å². The van der Waals surface area contributed by atoms with Crippen LogP contribution in [0.4, 0.5) is 4.79 Å². The Kier molecular flexibility index (Phi) is 6.60. The molecule has 0 aliphatic carbocycles. The summed E-state index contributed by atoms with van der Waals surface area (Å²) in [6, 6.07) is 20.7. The molecule has 0 atom stereocenters. The maximum atomic E-state index is 12.8. The number of hydrogen-bond donors (Lipinski definition) is 0. The molecule has 0 unspecified atom stereocenters. The largest absolute Gasteiger partial charge is 0.448 e. The first-order valence-electron chi connectivity index (χ1n) is 10.2. The van der Waals surface area contributed by atoms with Gasteiger partial charge in [0.05, 0.1) is 12.1 Å². The molecule has 2 aromatic rings. The molecule has 1 amide bonds. The number of nitrogens with zero attached hydrogens (tertiary/aromatic N) is 2. The van der Waals surface area contributed by atoms with Crippen molar-refractivity contribution in [2.24, 2.45) is 0 Å². The maximum absolute atomic E-state index is 12.8. The standard InChI is InChI=1S/C24H32N2O3/c1-23(2)19-29-24(3,4)26(23)22(27)28-16-15-25(17-20-11-7-5-8-12-20)18-21-13-9-6-10-14-21/h5-14H,15-19H2,1-4H3. The predicted molar refractivity (Wildman–Crippen MR) is 114 cm³/mol. The highest BCUT2D eigenvalue weighted by Gasteiger charge is 2.49. The molecule has 0 aromatic heterocycles. The van der Waals surface area contributed by atoms with Crippen molar-refractivity contribution >= 4 is 6.09 Å². The van der Waals surface area contributed by atoms with Crippen molar-refractivity contribution in [1.82, 2.24) is 9.80 Å². The van der Waals surface area contributed by atoms with E-state index in [-0.39, 0.29) is 11.6 Å². The number of benzene rings is 2. The van der Waals surface area contributed by atoms with Gasteiger partial charge in [-0.25, -0.2) is 4.79 Å². The molecule has 3 rings (SSSR count). The van der Waals surface area contributed by atoms with Crippen LogP contribution in [-0.4, -0.2) is 46.9 Å². The minimum atomic E-state index is -0.658. The van der Waals surface area contributed by atoms with Crippen molar-refractivity contribution < 1.29 is 14.3 Å². The summed E-state index contributed by atoms with van der Waals surface area (Å²) in [6.07, 6.45) is -0.322. The van der Waals surface area contributed by atoms with Crippen LogP contribution in [0.2, 0.25) is 0 Å². The van der Waals surface area contributed by atoms with E-state index in [0.29, 0.717) is 19.8 Å². The van der Waals surface area contributed by atoms with Crippen LogP contribution in [-0.2, 0) is 22.6 Å². The fourth-order valence-electron chi connectivity index (χ4n) is 3.90. The molecule has 1 saturated heterocycles. The van der Waals surface area contributed by atoms with Crippen molar-refractivity contribution in [1.29, 1.82) is 0 Å². The fourth-order valence-corrected chi connectivity index (χ4v) is 3.90. The van der Waals surface area contributed by atoms with Gasteiger partial charge in [-0.05, 0) is 38.8 Å². The Hall–Kier alpha value is -2.37. The molecule has 0 radical (unpaired) electrons. The third-order valence-electron chi connectivity index (χ3n) is 5.24. The second-order valence-corrected chi connectivity index (χ2v) is 8.68. The predicted octanol–water partition coefficient (Wildman–Crippen LogP) is 4.67. The third kappa shape index (κ3) is 5.58. The Bertz CT molecular complexity index is 733. The van der Waals surface area contributed by atoms with Crippen molar-refractivity contribution in [2.45, 2.75) is 52.0 Å². The van der Waals surface area contributed by atoms with E-state index in [1.165, 1.54) is 11.1 Å². The highest BCUT2D eigenvalue weighted by molar-refractivity contribution is 5.70. The van der Waals surface area contributed by atoms with Crippen LogP contribution < -0.4 is 0 Å². The lowest BCUT2D eigenvalue weighted by Crippen LogP contribution is -2.53. The van der Waals surface area contributed by atoms with Crippen LogP contribution in [0.3, 0.4) is 0 Å². The van der Waals surface area contributed by atoms with E-state index in [4.69, 9.17) is 9.47 Å². The van der Waals surface area contributed by atoms with Gasteiger partial charge in [-0.2, -0.15) is 0 Å². The van der Waals surface area contributed by atoms with Crippen LogP contribution in [0.15, 0.2) is 60.7 Å². The van der Waals surface area contributed by atoms with E-state index in [9.17, 15) is 4.79 Å². The molecule has 156 valence electrons. The van der Waals surface area contributed by atoms with Crippen LogP contribution in [0, 0.1) is 0 Å². The van der Waals surface area contributed by atoms with Crippen LogP contribution in [0.25, 0.3) is 0 Å². The molecule has 1 aliphatic rings. The van der Waals surface area contributed by atoms with Crippen molar-refractivity contribution in [3.8, 4) is 0 Å². The van der Waals surface area contributed by atoms with Gasteiger partial charge in [0, 0.05) is 19.6 Å². The number of hydrogen-bond acceptors (Lipinski definition) is 4. The van der Waals surface area contributed by atoms with Crippen LogP contribution >= 0.6 is 0 Å². The molecular weight excluding hydrogens is 364 g/mol. The van der Waals surface area contributed by atoms with Crippen LogP contribution in [0.5, 0.6) is 0 Å². The lowest BCUT2D eigenvalue weighted by atomic mass is 10.0. The second kappa shape index (κ2) is 8.97. The SMILES string of the molecule is CC1(C)COC(C)(C)N1C(=O)OCCN(Cc1ccccc1)Cc1ccccc1. The molecule has 0 saturated carbocycles. The van der Waals surface area contributed by atoms with E-state index in [1.54, 1.807) is 4.90 Å². The van der Waals surface area contributed by atoms with Gasteiger partial charge in [-0.3, -0.25) is 9.80 Å². The van der Waals surface area contributed by atoms with Gasteiger partial charge >= 0.3 is 6.09 Å². The Balaban J connectivity index is 1.61. The highest BCUT2D eigenvalue weighted by atomic mass is 16.6. The van der Waals surface area contributed by atoms with E-state index >= 15 is 0 Å². The van der Waals surface area contributed by atoms with Gasteiger partial charge in [0.15, 0.2) is 0 Å². The summed E-state index contributed by atoms with van der Waals surface area (Å²) >= 11 is 0. The van der Waals surface area contributed by atoms with Crippen molar-refractivity contribution in [2.75, 3.05) is 19.8 Å². The van der Waals surface area contributed by atoms with Gasteiger partial charge in [-0.15, -0.1) is 0 Å². The number of ether oxygens (including phenoxy) is 2. The lowest BCUT2D eigenvalue weighted by molar-refractivity contribution is -0.0526. The fraction of sp³-hybridized carbons (Fsp3) is 0.458. The van der Waals surface area contributed by atoms with Gasteiger partial charge < -0.3 is 9.47 Å². The van der Waals surface area contributed by atoms with Gasteiger partial charge in [0.1, 0.15) is 12.3 Å². The summed E-state index contributed by atoms with van der Waals surface area (Å²) in [6.45, 7) is 10.9. The topological polar surface area (TPSA) is 42.0 Å². The lowest BCUT2D eigenvalue weighted by Gasteiger charge is -2.36. The average molecular weight is 397 g/mol. The number of carbonyl (C=O) groups is 1. The summed E-state index contributed by atoms with van der Waals surface area (Å²) in [7, 11) is 0. The molecule has 0 spiro atoms. The number of rotatable bonds is 7. The van der Waals surface area contributed by atoms with Gasteiger partial charge in [0.2, 0.25) is 0 Å². The summed E-state index contributed by atoms with van der Waals surface area (Å²) in [5.74, 6) is 0. The quantitative estimate of drug-likeness (QED) is 0.682. The summed E-state index contributed by atoms with van der Waals surface area (Å²) in [5.41, 5.74) is 1.44. The van der Waals surface area contributed by atoms with E-state index in [0.717, 1.165) is 13.1 Å². The number of carbonyl (C=O) groups excluding carboxylic acids is 1. The molecule has 0 bridgehead atoms. The maximum Gasteiger partial charge on any atom is 0.412 e. The summed E-state index contributed by atoms with van der Waals surface area (Å²) in [4.78, 5) is 16.8. The minimum Gasteiger partial charge on any atom is -0.448 e. The van der Waals surface area contributed by atoms with Gasteiger partial charge in [-0.1, -0.05) is 60.7 Å². The molecule has 0 N–H and O–H groups in total. The Morgan fingerprint density at radius 1 is 0.966 bits per heavy atom. The smallest absolute Gasteiger partial charge is 0.412 e. The van der Waals surface area contributed by atoms with Crippen molar-refractivity contribution in [3.05, 3.63) is 71.8 Å². The molecule has 29 heavy (non-hydrogen) atoms. The molecule has 1 heterocycles. The first-order valence-corrected chi connectivity index (χ1v) is 10.2. The zero-order chi connectivity index (χ0) is 20.9. The second-order valence-electron chi connectivity index (χ2n) is 8.68. The normalized spacial score (nSPS) is 17.5. The molecule has 5 heteroatoms. The van der Waals surface area contributed by atoms with Crippen molar-refractivity contribution in [3.63, 3.8) is 0 Å². The molecular formula is C24H32N2O3. The molecule has 1 aliphatic heterocycles. The Morgan fingerprint density at radius 2 is 1.48 bits per heavy atom. The molecule has 5 nitrogen and oxygen atoms in total. The van der Waals surface area contributed by atoms with Crippen LogP contribution in [0.1, 0.15) is 38.8 Å². The first kappa shape index (κ1) is 21.3. The summed E-state index contributed by atoms with van der Waals surface area (Å²) in [5, 5.41) is 0. The monoisotopic (exact) mass is 396 g/mol. The zero-order valence-corrected chi connectivity index (χ0v) is 17.9. The zero-order valence-electron chi connectivity index (χ0n) is 17.9. The first-order chi connectivity index (χ1) is 13.8. The molecule has 1 fully saturated rings. The van der Waals surface area contributed by atoms with E-state index < -0.39 is 5.72 Å². The molecule has 2 aromatic carbocycles. The number of amides is 1. The van der Waals surface area contributed by atoms with E-state index in [2.05, 4.69) is 29.2 Å². The highest BCUT2D eigenvalue weighted by Crippen LogP contribution is 2.34.